The summed E-state index contributed by atoms with van der Waals surface area (Å²) < 4.78 is 38.3. The second-order valence-electron chi connectivity index (χ2n) is 6.68. The molecule has 0 atom stereocenters. The molecule has 0 saturated heterocycles. The number of alkyl halides is 3. The van der Waals surface area contributed by atoms with Gasteiger partial charge in [0.2, 0.25) is 0 Å². The van der Waals surface area contributed by atoms with Crippen LogP contribution in [-0.2, 0) is 12.8 Å². The summed E-state index contributed by atoms with van der Waals surface area (Å²) >= 11 is 0. The molecule has 1 aromatic heterocycles. The maximum Gasteiger partial charge on any atom is 0.416 e. The molecular weight excluding hydrogens is 429 g/mol. The van der Waals surface area contributed by atoms with E-state index in [0.717, 1.165) is 12.1 Å². The number of carboxylic acids is 1. The minimum absolute atomic E-state index is 0.0297. The number of benzene rings is 2. The van der Waals surface area contributed by atoms with Gasteiger partial charge in [-0.05, 0) is 43.3 Å². The number of aromatic amines is 1. The average Bonchev–Trinajstić information content (AvgIpc) is 3.21. The predicted octanol–water partition coefficient (Wildman–Crippen LogP) is 3.44. The first-order valence-electron chi connectivity index (χ1n) is 9.16. The molecule has 166 valence electrons. The maximum absolute atomic E-state index is 12.8. The highest BCUT2D eigenvalue weighted by Gasteiger charge is 2.30. The van der Waals surface area contributed by atoms with E-state index in [4.69, 9.17) is 5.11 Å². The number of nitrogens with one attached hydrogen (secondary N) is 2. The van der Waals surface area contributed by atoms with Crippen molar-refractivity contribution in [2.75, 3.05) is 0 Å². The van der Waals surface area contributed by atoms with Crippen LogP contribution in [0, 0.1) is 0 Å². The largest absolute Gasteiger partial charge is 0.478 e. The highest BCUT2D eigenvalue weighted by atomic mass is 19.4. The van der Waals surface area contributed by atoms with Crippen LogP contribution < -0.4 is 5.43 Å². The molecule has 1 amide bonds. The number of rotatable bonds is 6. The van der Waals surface area contributed by atoms with Gasteiger partial charge in [-0.2, -0.15) is 23.4 Å². The number of carbonyl (C=O) groups excluding carboxylic acids is 1. The maximum atomic E-state index is 12.8. The molecule has 0 radical (unpaired) electrons. The quantitative estimate of drug-likeness (QED) is 0.341. The molecule has 3 aromatic rings. The summed E-state index contributed by atoms with van der Waals surface area (Å²) in [4.78, 5) is 23.1. The van der Waals surface area contributed by atoms with Crippen LogP contribution in [0.1, 0.15) is 44.5 Å². The van der Waals surface area contributed by atoms with Gasteiger partial charge in [0.15, 0.2) is 0 Å². The minimum atomic E-state index is -4.47. The molecular formula is C21H17F3N4O4. The van der Waals surface area contributed by atoms with Gasteiger partial charge in [0.05, 0.1) is 34.8 Å². The van der Waals surface area contributed by atoms with Crippen molar-refractivity contribution >= 4 is 17.6 Å². The van der Waals surface area contributed by atoms with E-state index in [1.807, 2.05) is 0 Å². The Bertz CT molecular complexity index is 1170. The van der Waals surface area contributed by atoms with Crippen LogP contribution in [-0.4, -0.2) is 38.0 Å². The van der Waals surface area contributed by atoms with Crippen molar-refractivity contribution in [1.82, 2.24) is 15.6 Å². The minimum Gasteiger partial charge on any atom is -0.478 e. The molecule has 11 heteroatoms. The first-order chi connectivity index (χ1) is 15.1. The fourth-order valence-corrected chi connectivity index (χ4v) is 2.89. The number of aliphatic hydroxyl groups is 1. The number of hydrogen-bond acceptors (Lipinski definition) is 5. The molecule has 0 spiro atoms. The number of H-pyrrole nitrogens is 1. The van der Waals surface area contributed by atoms with Crippen LogP contribution in [0.4, 0.5) is 13.2 Å². The third kappa shape index (κ3) is 4.83. The number of aromatic carboxylic acids is 1. The third-order valence-electron chi connectivity index (χ3n) is 4.59. The Morgan fingerprint density at radius 1 is 1.06 bits per heavy atom. The molecule has 0 unspecified atom stereocenters. The Kier molecular flexibility index (Phi) is 6.40. The fraction of sp³-hybridized carbons (Fsp3) is 0.143. The summed E-state index contributed by atoms with van der Waals surface area (Å²) in [5, 5.41) is 29.4. The van der Waals surface area contributed by atoms with Crippen LogP contribution in [0.15, 0.2) is 53.6 Å². The first kappa shape index (κ1) is 22.7. The van der Waals surface area contributed by atoms with E-state index < -0.39 is 30.2 Å². The lowest BCUT2D eigenvalue weighted by molar-refractivity contribution is -0.137. The number of carbonyl (C=O) groups is 2. The molecule has 0 aliphatic heterocycles. The number of aromatic nitrogens is 2. The topological polar surface area (TPSA) is 128 Å². The number of amides is 1. The molecule has 0 saturated carbocycles. The van der Waals surface area contributed by atoms with Crippen LogP contribution in [0.5, 0.6) is 0 Å². The Labute approximate surface area is 179 Å². The van der Waals surface area contributed by atoms with Crippen molar-refractivity contribution < 1.29 is 33.0 Å². The highest BCUT2D eigenvalue weighted by Crippen LogP contribution is 2.31. The van der Waals surface area contributed by atoms with E-state index in [0.29, 0.717) is 16.8 Å². The number of halogens is 3. The molecule has 4 N–H and O–H groups in total. The normalized spacial score (nSPS) is 12.0. The summed E-state index contributed by atoms with van der Waals surface area (Å²) in [7, 11) is 0. The fourth-order valence-electron chi connectivity index (χ4n) is 2.89. The van der Waals surface area contributed by atoms with E-state index in [9.17, 15) is 27.9 Å². The summed E-state index contributed by atoms with van der Waals surface area (Å²) in [5.41, 5.74) is 3.19. The number of hydrazone groups is 1. The summed E-state index contributed by atoms with van der Waals surface area (Å²) in [6.45, 7) is 1.07. The Morgan fingerprint density at radius 2 is 1.66 bits per heavy atom. The number of hydrogen-bond donors (Lipinski definition) is 4. The summed E-state index contributed by atoms with van der Waals surface area (Å²) in [6.07, 6.45) is -4.47. The van der Waals surface area contributed by atoms with Crippen LogP contribution in [0.25, 0.3) is 11.3 Å². The van der Waals surface area contributed by atoms with E-state index >= 15 is 0 Å². The lowest BCUT2D eigenvalue weighted by atomic mass is 10.0. The average molecular weight is 446 g/mol. The molecule has 0 aliphatic rings. The molecule has 8 nitrogen and oxygen atoms in total. The molecule has 3 rings (SSSR count). The molecule has 2 aromatic carbocycles. The van der Waals surface area contributed by atoms with E-state index in [1.165, 1.54) is 43.3 Å². The Hall–Kier alpha value is -3.99. The van der Waals surface area contributed by atoms with Crippen molar-refractivity contribution in [2.45, 2.75) is 19.7 Å². The zero-order valence-corrected chi connectivity index (χ0v) is 16.6. The Morgan fingerprint density at radius 3 is 2.19 bits per heavy atom. The second kappa shape index (κ2) is 9.02. The Balaban J connectivity index is 1.80. The second-order valence-corrected chi connectivity index (χ2v) is 6.68. The van der Waals surface area contributed by atoms with Crippen molar-refractivity contribution in [1.29, 1.82) is 0 Å². The van der Waals surface area contributed by atoms with Gasteiger partial charge < -0.3 is 10.2 Å². The van der Waals surface area contributed by atoms with Crippen molar-refractivity contribution in [3.8, 4) is 11.3 Å². The van der Waals surface area contributed by atoms with Gasteiger partial charge in [0.1, 0.15) is 0 Å². The van der Waals surface area contributed by atoms with Gasteiger partial charge in [-0.3, -0.25) is 9.89 Å². The molecule has 0 aliphatic carbocycles. The SMILES string of the molecule is CC(=NNC(=O)c1ccc(C(=O)O)cc1)c1[nH]nc(-c2ccc(C(F)(F)F)cc2)c1CO. The van der Waals surface area contributed by atoms with Crippen LogP contribution in [0.2, 0.25) is 0 Å². The lowest BCUT2D eigenvalue weighted by Crippen LogP contribution is -2.20. The van der Waals surface area contributed by atoms with Gasteiger partial charge in [-0.15, -0.1) is 0 Å². The number of aliphatic hydroxyl groups excluding tert-OH is 1. The van der Waals surface area contributed by atoms with Gasteiger partial charge >= 0.3 is 12.1 Å². The zero-order valence-electron chi connectivity index (χ0n) is 16.6. The van der Waals surface area contributed by atoms with Crippen molar-refractivity contribution in [3.05, 3.63) is 76.5 Å². The van der Waals surface area contributed by atoms with Crippen LogP contribution in [0.3, 0.4) is 0 Å². The van der Waals surface area contributed by atoms with Gasteiger partial charge in [-0.25, -0.2) is 10.2 Å². The standard InChI is InChI=1S/C21H17F3N4O4/c1-11(25-28-19(30)13-2-4-14(5-3-13)20(31)32)17-16(10-29)18(27-26-17)12-6-8-15(9-7-12)21(22,23)24/h2-9,29H,10H2,1H3,(H,26,27)(H,28,30)(H,31,32). The first-order valence-corrected chi connectivity index (χ1v) is 9.16. The summed E-state index contributed by atoms with van der Waals surface area (Å²) in [5.74, 6) is -1.71. The smallest absolute Gasteiger partial charge is 0.416 e. The molecule has 0 fully saturated rings. The van der Waals surface area contributed by atoms with Gasteiger partial charge in [0.25, 0.3) is 5.91 Å². The van der Waals surface area contributed by atoms with E-state index in [2.05, 4.69) is 20.7 Å². The highest BCUT2D eigenvalue weighted by molar-refractivity contribution is 6.01. The van der Waals surface area contributed by atoms with Crippen molar-refractivity contribution in [2.24, 2.45) is 5.10 Å². The van der Waals surface area contributed by atoms with Crippen LogP contribution >= 0.6 is 0 Å². The predicted molar refractivity (Wildman–Crippen MR) is 108 cm³/mol. The molecule has 0 bridgehead atoms. The number of nitrogens with zero attached hydrogens (tertiary/aromatic N) is 2. The lowest BCUT2D eigenvalue weighted by Gasteiger charge is -2.07. The third-order valence-corrected chi connectivity index (χ3v) is 4.59. The summed E-state index contributed by atoms with van der Waals surface area (Å²) in [6, 6.07) is 9.56. The molecule has 32 heavy (non-hydrogen) atoms. The van der Waals surface area contributed by atoms with Gasteiger partial charge in [0, 0.05) is 16.7 Å². The number of carboxylic acid groups (broad SMARTS) is 1. The van der Waals surface area contributed by atoms with Crippen molar-refractivity contribution in [3.63, 3.8) is 0 Å². The van der Waals surface area contributed by atoms with E-state index in [1.54, 1.807) is 0 Å². The molecule has 1 heterocycles. The monoisotopic (exact) mass is 446 g/mol. The van der Waals surface area contributed by atoms with Gasteiger partial charge in [-0.1, -0.05) is 12.1 Å². The van der Waals surface area contributed by atoms with E-state index in [-0.39, 0.29) is 22.5 Å². The zero-order chi connectivity index (χ0) is 23.5.